The van der Waals surface area contributed by atoms with E-state index >= 15 is 0 Å². The molecule has 4 rings (SSSR count). The molecule has 0 aliphatic carbocycles. The number of carbonyl (C=O) groups is 1. The maximum atomic E-state index is 12.2. The van der Waals surface area contributed by atoms with Crippen LogP contribution in [0.2, 0.25) is 0 Å². The normalized spacial score (nSPS) is 10.8. The number of thiazole rings is 1. The number of aromatic nitrogens is 3. The molecule has 0 atom stereocenters. The molecule has 1 N–H and O–H groups in total. The Balaban J connectivity index is 1.40. The van der Waals surface area contributed by atoms with Crippen LogP contribution in [-0.4, -0.2) is 33.7 Å². The summed E-state index contributed by atoms with van der Waals surface area (Å²) in [5.41, 5.74) is 2.96. The van der Waals surface area contributed by atoms with Crippen molar-refractivity contribution in [3.05, 3.63) is 78.1 Å². The second-order valence-electron chi connectivity index (χ2n) is 6.72. The van der Waals surface area contributed by atoms with Crippen molar-refractivity contribution in [3.8, 4) is 0 Å². The Morgan fingerprint density at radius 2 is 1.73 bits per heavy atom. The van der Waals surface area contributed by atoms with E-state index in [-0.39, 0.29) is 5.91 Å². The highest BCUT2D eigenvalue weighted by Gasteiger charge is 2.15. The molecule has 0 saturated carbocycles. The second-order valence-corrected chi connectivity index (χ2v) is 8.66. The van der Waals surface area contributed by atoms with Crippen LogP contribution in [0.1, 0.15) is 11.1 Å². The summed E-state index contributed by atoms with van der Waals surface area (Å²) in [4.78, 5) is 27.7. The number of nitrogens with one attached hydrogen (secondary N) is 1. The van der Waals surface area contributed by atoms with Gasteiger partial charge in [-0.15, -0.1) is 0 Å². The van der Waals surface area contributed by atoms with Gasteiger partial charge < -0.3 is 10.2 Å². The molecule has 30 heavy (non-hydrogen) atoms. The van der Waals surface area contributed by atoms with Crippen LogP contribution in [0.5, 0.6) is 0 Å². The minimum Gasteiger partial charge on any atom is -0.351 e. The lowest BCUT2D eigenvalue weighted by molar-refractivity contribution is -0.118. The monoisotopic (exact) mass is 435 g/mol. The molecule has 6 nitrogen and oxygen atoms in total. The van der Waals surface area contributed by atoms with Gasteiger partial charge >= 0.3 is 0 Å². The van der Waals surface area contributed by atoms with Gasteiger partial charge in [-0.3, -0.25) is 4.79 Å². The van der Waals surface area contributed by atoms with E-state index in [1.165, 1.54) is 23.7 Å². The standard InChI is InChI=1S/C22H21N5OS2/c1-27(13-17-10-6-3-7-11-17)22-26-20-19(30-22)21(25-15-24-20)29-14-18(28)23-12-16-8-4-2-5-9-16/h2-11,15H,12-14H2,1H3,(H,23,28). The van der Waals surface area contributed by atoms with Crippen LogP contribution >= 0.6 is 23.1 Å². The van der Waals surface area contributed by atoms with E-state index in [0.717, 1.165) is 27.0 Å². The third-order valence-corrected chi connectivity index (χ3v) is 6.69. The molecule has 0 saturated heterocycles. The fourth-order valence-corrected chi connectivity index (χ4v) is 4.78. The van der Waals surface area contributed by atoms with Crippen LogP contribution in [0.3, 0.4) is 0 Å². The molecule has 8 heteroatoms. The Morgan fingerprint density at radius 1 is 1.03 bits per heavy atom. The minimum atomic E-state index is -0.0263. The number of thioether (sulfide) groups is 1. The van der Waals surface area contributed by atoms with Crippen LogP contribution in [0.15, 0.2) is 72.0 Å². The second kappa shape index (κ2) is 9.69. The molecule has 0 radical (unpaired) electrons. The van der Waals surface area contributed by atoms with E-state index < -0.39 is 0 Å². The third-order valence-electron chi connectivity index (χ3n) is 4.41. The zero-order valence-electron chi connectivity index (χ0n) is 16.5. The maximum Gasteiger partial charge on any atom is 0.230 e. The van der Waals surface area contributed by atoms with E-state index in [1.807, 2.05) is 55.6 Å². The Kier molecular flexibility index (Phi) is 6.56. The number of hydrogen-bond acceptors (Lipinski definition) is 7. The lowest BCUT2D eigenvalue weighted by atomic mass is 10.2. The smallest absolute Gasteiger partial charge is 0.230 e. The van der Waals surface area contributed by atoms with Gasteiger partial charge in [0.1, 0.15) is 16.1 Å². The van der Waals surface area contributed by atoms with Gasteiger partial charge in [0.25, 0.3) is 0 Å². The molecule has 0 bridgehead atoms. The first kappa shape index (κ1) is 20.3. The number of benzene rings is 2. The third kappa shape index (κ3) is 5.14. The van der Waals surface area contributed by atoms with Gasteiger partial charge in [-0.1, -0.05) is 83.8 Å². The molecular formula is C22H21N5OS2. The Hall–Kier alpha value is -2.97. The van der Waals surface area contributed by atoms with Gasteiger partial charge in [-0.25, -0.2) is 9.97 Å². The molecule has 1 amide bonds. The predicted octanol–water partition coefficient (Wildman–Crippen LogP) is 4.13. The van der Waals surface area contributed by atoms with E-state index in [9.17, 15) is 4.79 Å². The highest BCUT2D eigenvalue weighted by molar-refractivity contribution is 8.00. The Labute approximate surface area is 183 Å². The summed E-state index contributed by atoms with van der Waals surface area (Å²) >= 11 is 2.96. The van der Waals surface area contributed by atoms with Crippen LogP contribution in [0.4, 0.5) is 5.13 Å². The van der Waals surface area contributed by atoms with Crippen molar-refractivity contribution in [3.63, 3.8) is 0 Å². The molecule has 0 spiro atoms. The molecule has 0 aliphatic heterocycles. The van der Waals surface area contributed by atoms with Crippen molar-refractivity contribution in [2.75, 3.05) is 17.7 Å². The summed E-state index contributed by atoms with van der Waals surface area (Å²) in [6.45, 7) is 1.28. The van der Waals surface area contributed by atoms with Crippen molar-refractivity contribution >= 4 is 44.5 Å². The highest BCUT2D eigenvalue weighted by Crippen LogP contribution is 2.33. The van der Waals surface area contributed by atoms with Crippen molar-refractivity contribution in [2.24, 2.45) is 0 Å². The number of fused-ring (bicyclic) bond motifs is 1. The maximum absolute atomic E-state index is 12.2. The number of amides is 1. The van der Waals surface area contributed by atoms with Gasteiger partial charge in [0, 0.05) is 20.1 Å². The molecular weight excluding hydrogens is 414 g/mol. The van der Waals surface area contributed by atoms with Crippen molar-refractivity contribution < 1.29 is 4.79 Å². The molecule has 0 aliphatic rings. The number of anilines is 1. The largest absolute Gasteiger partial charge is 0.351 e. The molecule has 152 valence electrons. The van der Waals surface area contributed by atoms with Crippen LogP contribution in [-0.2, 0) is 17.9 Å². The molecule has 0 unspecified atom stereocenters. The van der Waals surface area contributed by atoms with Crippen molar-refractivity contribution in [2.45, 2.75) is 18.1 Å². The van der Waals surface area contributed by atoms with Crippen LogP contribution in [0, 0.1) is 0 Å². The van der Waals surface area contributed by atoms with Crippen LogP contribution in [0.25, 0.3) is 10.3 Å². The molecule has 0 fully saturated rings. The predicted molar refractivity (Wildman–Crippen MR) is 123 cm³/mol. The fraction of sp³-hybridized carbons (Fsp3) is 0.182. The van der Waals surface area contributed by atoms with E-state index in [4.69, 9.17) is 0 Å². The first-order chi connectivity index (χ1) is 14.7. The zero-order valence-corrected chi connectivity index (χ0v) is 18.1. The van der Waals surface area contributed by atoms with Gasteiger partial charge in [-0.2, -0.15) is 4.98 Å². The number of nitrogens with zero attached hydrogens (tertiary/aromatic N) is 4. The summed E-state index contributed by atoms with van der Waals surface area (Å²) in [6, 6.07) is 20.1. The number of rotatable bonds is 8. The quantitative estimate of drug-likeness (QED) is 0.331. The average Bonchev–Trinajstić information content (AvgIpc) is 3.23. The number of hydrogen-bond donors (Lipinski definition) is 1. The van der Waals surface area contributed by atoms with Gasteiger partial charge in [0.15, 0.2) is 10.8 Å². The Morgan fingerprint density at radius 3 is 2.47 bits per heavy atom. The lowest BCUT2D eigenvalue weighted by Crippen LogP contribution is -2.24. The Bertz CT molecular complexity index is 1120. The topological polar surface area (TPSA) is 71.0 Å². The first-order valence-electron chi connectivity index (χ1n) is 9.49. The molecule has 4 aromatic rings. The van der Waals surface area contributed by atoms with Gasteiger partial charge in [0.05, 0.1) is 5.75 Å². The summed E-state index contributed by atoms with van der Waals surface area (Å²) in [5.74, 6) is 0.271. The van der Waals surface area contributed by atoms with E-state index in [2.05, 4.69) is 37.3 Å². The highest BCUT2D eigenvalue weighted by atomic mass is 32.2. The minimum absolute atomic E-state index is 0.0263. The van der Waals surface area contributed by atoms with Crippen molar-refractivity contribution in [1.29, 1.82) is 0 Å². The van der Waals surface area contributed by atoms with Gasteiger partial charge in [-0.05, 0) is 11.1 Å². The first-order valence-corrected chi connectivity index (χ1v) is 11.3. The fourth-order valence-electron chi connectivity index (χ4n) is 2.89. The van der Waals surface area contributed by atoms with Crippen molar-refractivity contribution in [1.82, 2.24) is 20.3 Å². The SMILES string of the molecule is CN(Cc1ccccc1)c1nc2ncnc(SCC(=O)NCc3ccccc3)c2s1. The summed E-state index contributed by atoms with van der Waals surface area (Å²) in [7, 11) is 2.02. The number of carbonyl (C=O) groups excluding carboxylic acids is 1. The molecule has 2 aromatic carbocycles. The summed E-state index contributed by atoms with van der Waals surface area (Å²) < 4.78 is 0.910. The van der Waals surface area contributed by atoms with Gasteiger partial charge in [0.2, 0.25) is 5.91 Å². The molecule has 2 aromatic heterocycles. The summed E-state index contributed by atoms with van der Waals surface area (Å²) in [5, 5.41) is 4.61. The van der Waals surface area contributed by atoms with E-state index in [1.54, 1.807) is 11.3 Å². The summed E-state index contributed by atoms with van der Waals surface area (Å²) in [6.07, 6.45) is 1.51. The average molecular weight is 436 g/mol. The van der Waals surface area contributed by atoms with Crippen LogP contribution < -0.4 is 10.2 Å². The lowest BCUT2D eigenvalue weighted by Gasteiger charge is -2.15. The molecule has 2 heterocycles. The van der Waals surface area contributed by atoms with E-state index in [0.29, 0.717) is 17.9 Å². The zero-order chi connectivity index (χ0) is 20.8.